The first kappa shape index (κ1) is 14.2. The fourth-order valence-electron chi connectivity index (χ4n) is 2.31. The third-order valence-electron chi connectivity index (χ3n) is 3.40. The topological polar surface area (TPSA) is 20.2 Å². The Kier molecular flexibility index (Phi) is 3.74. The van der Waals surface area contributed by atoms with Gasteiger partial charge in [0.2, 0.25) is 0 Å². The van der Waals surface area contributed by atoms with Gasteiger partial charge in [-0.3, -0.25) is 0 Å². The van der Waals surface area contributed by atoms with Gasteiger partial charge in [0, 0.05) is 16.1 Å². The lowest BCUT2D eigenvalue weighted by molar-refractivity contribution is 0.215. The van der Waals surface area contributed by atoms with E-state index in [0.717, 1.165) is 27.4 Å². The number of halogens is 3. The summed E-state index contributed by atoms with van der Waals surface area (Å²) in [6, 6.07) is 14.4. The van der Waals surface area contributed by atoms with Crippen LogP contribution in [0, 0.1) is 11.6 Å². The van der Waals surface area contributed by atoms with Crippen molar-refractivity contribution in [2.24, 2.45) is 0 Å². The molecule has 0 radical (unpaired) electrons. The van der Waals surface area contributed by atoms with Crippen LogP contribution >= 0.6 is 15.9 Å². The molecule has 0 saturated carbocycles. The average Bonchev–Trinajstić information content (AvgIpc) is 2.46. The molecule has 0 spiro atoms. The van der Waals surface area contributed by atoms with Crippen LogP contribution in [-0.2, 0) is 0 Å². The van der Waals surface area contributed by atoms with Crippen molar-refractivity contribution >= 4 is 26.7 Å². The van der Waals surface area contributed by atoms with Crippen LogP contribution in [-0.4, -0.2) is 5.11 Å². The van der Waals surface area contributed by atoms with Crippen molar-refractivity contribution in [3.05, 3.63) is 81.8 Å². The molecule has 0 aliphatic carbocycles. The summed E-state index contributed by atoms with van der Waals surface area (Å²) in [6.45, 7) is 0. The van der Waals surface area contributed by atoms with Crippen LogP contribution < -0.4 is 0 Å². The number of hydrogen-bond donors (Lipinski definition) is 1. The summed E-state index contributed by atoms with van der Waals surface area (Å²) in [7, 11) is 0. The normalized spacial score (nSPS) is 12.6. The number of rotatable bonds is 2. The van der Waals surface area contributed by atoms with Gasteiger partial charge in [-0.2, -0.15) is 0 Å². The summed E-state index contributed by atoms with van der Waals surface area (Å²) in [5, 5.41) is 12.3. The van der Waals surface area contributed by atoms with Gasteiger partial charge in [0.15, 0.2) is 0 Å². The van der Waals surface area contributed by atoms with E-state index in [4.69, 9.17) is 0 Å². The minimum absolute atomic E-state index is 0.0628. The maximum Gasteiger partial charge on any atom is 0.132 e. The second-order valence-corrected chi connectivity index (χ2v) is 5.73. The summed E-state index contributed by atoms with van der Waals surface area (Å²) < 4.78 is 27.6. The Bertz CT molecular complexity index is 817. The molecule has 0 amide bonds. The minimum atomic E-state index is -1.13. The van der Waals surface area contributed by atoms with Gasteiger partial charge in [-0.1, -0.05) is 40.2 Å². The SMILES string of the molecule is OC(c1ccc2cc(Br)ccc2c1)c1ccc(F)cc1F. The molecule has 21 heavy (non-hydrogen) atoms. The highest BCUT2D eigenvalue weighted by Crippen LogP contribution is 2.28. The molecule has 4 heteroatoms. The van der Waals surface area contributed by atoms with E-state index in [1.54, 1.807) is 12.1 Å². The molecular formula is C17H11BrF2O. The van der Waals surface area contributed by atoms with Gasteiger partial charge >= 0.3 is 0 Å². The molecule has 3 aromatic carbocycles. The van der Waals surface area contributed by atoms with Gasteiger partial charge in [-0.05, 0) is 40.6 Å². The predicted octanol–water partition coefficient (Wildman–Crippen LogP) is 4.96. The van der Waals surface area contributed by atoms with Gasteiger partial charge in [0.05, 0.1) is 0 Å². The zero-order valence-electron chi connectivity index (χ0n) is 10.9. The molecule has 3 rings (SSSR count). The van der Waals surface area contributed by atoms with Crippen molar-refractivity contribution in [3.8, 4) is 0 Å². The Morgan fingerprint density at radius 1 is 0.857 bits per heavy atom. The Labute approximate surface area is 129 Å². The molecule has 0 aliphatic rings. The quantitative estimate of drug-likeness (QED) is 0.693. The zero-order chi connectivity index (χ0) is 15.0. The van der Waals surface area contributed by atoms with Crippen LogP contribution in [0.3, 0.4) is 0 Å². The second kappa shape index (κ2) is 5.54. The van der Waals surface area contributed by atoms with Crippen molar-refractivity contribution in [1.29, 1.82) is 0 Å². The van der Waals surface area contributed by atoms with E-state index in [1.807, 2.05) is 24.3 Å². The lowest BCUT2D eigenvalue weighted by Crippen LogP contribution is -2.03. The first-order valence-corrected chi connectivity index (χ1v) is 7.16. The van der Waals surface area contributed by atoms with Crippen LogP contribution in [0.5, 0.6) is 0 Å². The molecule has 0 bridgehead atoms. The Morgan fingerprint density at radius 3 is 2.33 bits per heavy atom. The Hall–Kier alpha value is -1.78. The third kappa shape index (κ3) is 2.82. The highest BCUT2D eigenvalue weighted by atomic mass is 79.9. The lowest BCUT2D eigenvalue weighted by atomic mass is 9.98. The van der Waals surface area contributed by atoms with Crippen LogP contribution in [0.25, 0.3) is 10.8 Å². The van der Waals surface area contributed by atoms with E-state index in [2.05, 4.69) is 15.9 Å². The van der Waals surface area contributed by atoms with Gasteiger partial charge < -0.3 is 5.11 Å². The average molecular weight is 349 g/mol. The molecule has 1 unspecified atom stereocenters. The Morgan fingerprint density at radius 2 is 1.57 bits per heavy atom. The van der Waals surface area contributed by atoms with E-state index in [1.165, 1.54) is 6.07 Å². The summed E-state index contributed by atoms with van der Waals surface area (Å²) in [5.41, 5.74) is 0.628. The summed E-state index contributed by atoms with van der Waals surface area (Å²) in [6.07, 6.45) is -1.13. The molecule has 1 nitrogen and oxygen atoms in total. The molecule has 1 N–H and O–H groups in total. The number of benzene rings is 3. The molecule has 0 heterocycles. The van der Waals surface area contributed by atoms with Gasteiger partial charge in [-0.25, -0.2) is 8.78 Å². The molecule has 0 saturated heterocycles. The largest absolute Gasteiger partial charge is 0.384 e. The zero-order valence-corrected chi connectivity index (χ0v) is 12.4. The number of aliphatic hydroxyl groups excluding tert-OH is 1. The van der Waals surface area contributed by atoms with Crippen molar-refractivity contribution in [1.82, 2.24) is 0 Å². The number of fused-ring (bicyclic) bond motifs is 1. The van der Waals surface area contributed by atoms with Gasteiger partial charge in [-0.15, -0.1) is 0 Å². The van der Waals surface area contributed by atoms with E-state index in [-0.39, 0.29) is 5.56 Å². The smallest absolute Gasteiger partial charge is 0.132 e. The highest BCUT2D eigenvalue weighted by molar-refractivity contribution is 9.10. The van der Waals surface area contributed by atoms with Gasteiger partial charge in [0.25, 0.3) is 0 Å². The van der Waals surface area contributed by atoms with E-state index < -0.39 is 17.7 Å². The maximum atomic E-state index is 13.7. The molecule has 106 valence electrons. The minimum Gasteiger partial charge on any atom is -0.384 e. The molecule has 1 atom stereocenters. The maximum absolute atomic E-state index is 13.7. The fraction of sp³-hybridized carbons (Fsp3) is 0.0588. The van der Waals surface area contributed by atoms with Crippen LogP contribution in [0.15, 0.2) is 59.1 Å². The summed E-state index contributed by atoms with van der Waals surface area (Å²) in [5.74, 6) is -1.41. The van der Waals surface area contributed by atoms with Crippen LogP contribution in [0.1, 0.15) is 17.2 Å². The standard InChI is InChI=1S/C17H11BrF2O/c18-13-4-3-10-7-12(2-1-11(10)8-13)17(21)15-6-5-14(19)9-16(15)20/h1-9,17,21H. The van der Waals surface area contributed by atoms with E-state index >= 15 is 0 Å². The van der Waals surface area contributed by atoms with Gasteiger partial charge in [0.1, 0.15) is 17.7 Å². The van der Waals surface area contributed by atoms with Crippen molar-refractivity contribution < 1.29 is 13.9 Å². The molecule has 0 fully saturated rings. The Balaban J connectivity index is 2.04. The van der Waals surface area contributed by atoms with Crippen molar-refractivity contribution in [2.75, 3.05) is 0 Å². The third-order valence-corrected chi connectivity index (χ3v) is 3.89. The monoisotopic (exact) mass is 348 g/mol. The van der Waals surface area contributed by atoms with Crippen LogP contribution in [0.2, 0.25) is 0 Å². The lowest BCUT2D eigenvalue weighted by Gasteiger charge is -2.13. The van der Waals surface area contributed by atoms with E-state index in [0.29, 0.717) is 5.56 Å². The van der Waals surface area contributed by atoms with Crippen molar-refractivity contribution in [3.63, 3.8) is 0 Å². The number of hydrogen-bond acceptors (Lipinski definition) is 1. The number of aliphatic hydroxyl groups is 1. The predicted molar refractivity (Wildman–Crippen MR) is 82.1 cm³/mol. The highest BCUT2D eigenvalue weighted by Gasteiger charge is 2.16. The first-order chi connectivity index (χ1) is 10.0. The summed E-state index contributed by atoms with van der Waals surface area (Å²) in [4.78, 5) is 0. The molecule has 3 aromatic rings. The second-order valence-electron chi connectivity index (χ2n) is 4.82. The van der Waals surface area contributed by atoms with E-state index in [9.17, 15) is 13.9 Å². The van der Waals surface area contributed by atoms with Crippen molar-refractivity contribution in [2.45, 2.75) is 6.10 Å². The molecule has 0 aliphatic heterocycles. The molecular weight excluding hydrogens is 338 g/mol. The first-order valence-electron chi connectivity index (χ1n) is 6.37. The molecule has 0 aromatic heterocycles. The van der Waals surface area contributed by atoms with Crippen LogP contribution in [0.4, 0.5) is 8.78 Å². The fourth-order valence-corrected chi connectivity index (χ4v) is 2.69. The summed E-state index contributed by atoms with van der Waals surface area (Å²) >= 11 is 3.40.